The number of hydrogen-bond donors (Lipinski definition) is 1. The fourth-order valence-electron chi connectivity index (χ4n) is 4.21. The Morgan fingerprint density at radius 2 is 2.05 bits per heavy atom. The molecule has 1 saturated carbocycles. The van der Waals surface area contributed by atoms with Gasteiger partial charge >= 0.3 is 0 Å². The zero-order chi connectivity index (χ0) is 14.6. The van der Waals surface area contributed by atoms with E-state index in [1.54, 1.807) is 0 Å². The van der Waals surface area contributed by atoms with Gasteiger partial charge in [-0.15, -0.1) is 0 Å². The number of likely N-dealkylation sites (N-methyl/N-ethyl adjacent to an activating group) is 2. The van der Waals surface area contributed by atoms with Crippen LogP contribution in [0.5, 0.6) is 0 Å². The molecule has 0 aromatic rings. The predicted molar refractivity (Wildman–Crippen MR) is 85.1 cm³/mol. The van der Waals surface area contributed by atoms with Crippen LogP contribution in [0.15, 0.2) is 0 Å². The molecule has 3 atom stereocenters. The Morgan fingerprint density at radius 3 is 2.70 bits per heavy atom. The van der Waals surface area contributed by atoms with Gasteiger partial charge in [0, 0.05) is 25.2 Å². The normalized spacial score (nSPS) is 34.4. The van der Waals surface area contributed by atoms with Crippen LogP contribution in [0.25, 0.3) is 0 Å². The van der Waals surface area contributed by atoms with E-state index in [0.717, 1.165) is 25.7 Å². The Bertz CT molecular complexity index is 287. The minimum absolute atomic E-state index is 0.413. The first-order chi connectivity index (χ1) is 9.54. The maximum absolute atomic E-state index is 5.64. The second-order valence-electron chi connectivity index (χ2n) is 7.51. The highest BCUT2D eigenvalue weighted by Gasteiger charge is 2.40. The minimum Gasteiger partial charge on any atom is -0.381 e. The zero-order valence-electron chi connectivity index (χ0n) is 14.0. The molecule has 118 valence electrons. The monoisotopic (exact) mass is 282 g/mol. The molecule has 3 heteroatoms. The summed E-state index contributed by atoms with van der Waals surface area (Å²) in [7, 11) is 2.32. The molecule has 2 fully saturated rings. The lowest BCUT2D eigenvalue weighted by Crippen LogP contribution is -2.58. The molecular formula is C17H34N2O. The highest BCUT2D eigenvalue weighted by Crippen LogP contribution is 2.37. The maximum atomic E-state index is 5.64. The largest absolute Gasteiger partial charge is 0.381 e. The van der Waals surface area contributed by atoms with Gasteiger partial charge in [0.25, 0.3) is 0 Å². The van der Waals surface area contributed by atoms with Gasteiger partial charge in [-0.3, -0.25) is 0 Å². The lowest BCUT2D eigenvalue weighted by atomic mass is 9.70. The molecular weight excluding hydrogens is 248 g/mol. The summed E-state index contributed by atoms with van der Waals surface area (Å²) in [6.07, 6.45) is 6.63. The van der Waals surface area contributed by atoms with Crippen molar-refractivity contribution in [3.63, 3.8) is 0 Å². The minimum atomic E-state index is 0.413. The fourth-order valence-corrected chi connectivity index (χ4v) is 4.21. The number of rotatable bonds is 5. The average Bonchev–Trinajstić information content (AvgIpc) is 2.42. The smallest absolute Gasteiger partial charge is 0.0506 e. The Hall–Kier alpha value is -0.120. The van der Waals surface area contributed by atoms with Crippen LogP contribution < -0.4 is 5.32 Å². The standard InChI is InChI=1S/C17H34N2O/c1-5-18-16-15(9-6-10-17(16,2)3)19(4)12-14-8-7-11-20-13-14/h14-16,18H,5-13H2,1-4H3. The molecule has 3 nitrogen and oxygen atoms in total. The van der Waals surface area contributed by atoms with Gasteiger partial charge < -0.3 is 15.0 Å². The SMILES string of the molecule is CCNC1C(N(C)CC2CCCOC2)CCCC1(C)C. The Balaban J connectivity index is 1.96. The lowest BCUT2D eigenvalue weighted by Gasteiger charge is -2.48. The van der Waals surface area contributed by atoms with Crippen molar-refractivity contribution >= 4 is 0 Å². The van der Waals surface area contributed by atoms with Crippen LogP contribution in [0.4, 0.5) is 0 Å². The molecule has 1 N–H and O–H groups in total. The van der Waals surface area contributed by atoms with Crippen LogP contribution in [0.2, 0.25) is 0 Å². The molecule has 3 unspecified atom stereocenters. The van der Waals surface area contributed by atoms with E-state index in [-0.39, 0.29) is 0 Å². The first-order valence-electron chi connectivity index (χ1n) is 8.56. The van der Waals surface area contributed by atoms with Gasteiger partial charge in [0.15, 0.2) is 0 Å². The van der Waals surface area contributed by atoms with Crippen molar-refractivity contribution in [1.82, 2.24) is 10.2 Å². The van der Waals surface area contributed by atoms with Crippen LogP contribution in [0.3, 0.4) is 0 Å². The Labute approximate surface area is 125 Å². The molecule has 2 aliphatic rings. The van der Waals surface area contributed by atoms with Crippen LogP contribution in [-0.2, 0) is 4.74 Å². The molecule has 1 saturated heterocycles. The van der Waals surface area contributed by atoms with Gasteiger partial charge in [-0.1, -0.05) is 27.2 Å². The zero-order valence-corrected chi connectivity index (χ0v) is 14.0. The molecule has 0 amide bonds. The van der Waals surface area contributed by atoms with Crippen molar-refractivity contribution in [3.8, 4) is 0 Å². The van der Waals surface area contributed by atoms with Gasteiger partial charge in [0.2, 0.25) is 0 Å². The topological polar surface area (TPSA) is 24.5 Å². The molecule has 0 spiro atoms. The van der Waals surface area contributed by atoms with Crippen LogP contribution in [-0.4, -0.2) is 50.3 Å². The third-order valence-corrected chi connectivity index (χ3v) is 5.34. The summed E-state index contributed by atoms with van der Waals surface area (Å²) in [5.74, 6) is 0.737. The maximum Gasteiger partial charge on any atom is 0.0506 e. The van der Waals surface area contributed by atoms with Crippen molar-refractivity contribution in [2.24, 2.45) is 11.3 Å². The number of nitrogens with zero attached hydrogens (tertiary/aromatic N) is 1. The Morgan fingerprint density at radius 1 is 1.25 bits per heavy atom. The molecule has 2 rings (SSSR count). The summed E-state index contributed by atoms with van der Waals surface area (Å²) in [5, 5.41) is 3.77. The highest BCUT2D eigenvalue weighted by atomic mass is 16.5. The second-order valence-corrected chi connectivity index (χ2v) is 7.51. The summed E-state index contributed by atoms with van der Waals surface area (Å²) >= 11 is 0. The van der Waals surface area contributed by atoms with Gasteiger partial charge in [-0.2, -0.15) is 0 Å². The quantitative estimate of drug-likeness (QED) is 0.839. The van der Waals surface area contributed by atoms with E-state index >= 15 is 0 Å². The summed E-state index contributed by atoms with van der Waals surface area (Å²) in [6.45, 7) is 11.3. The molecule has 1 aliphatic carbocycles. The number of nitrogens with one attached hydrogen (secondary N) is 1. The van der Waals surface area contributed by atoms with E-state index in [1.807, 2.05) is 0 Å². The molecule has 0 aromatic carbocycles. The van der Waals surface area contributed by atoms with E-state index < -0.39 is 0 Å². The average molecular weight is 282 g/mol. The highest BCUT2D eigenvalue weighted by molar-refractivity contribution is 4.97. The van der Waals surface area contributed by atoms with Crippen molar-refractivity contribution in [1.29, 1.82) is 0 Å². The molecule has 20 heavy (non-hydrogen) atoms. The van der Waals surface area contributed by atoms with Gasteiger partial charge in [0.05, 0.1) is 6.61 Å². The van der Waals surface area contributed by atoms with Crippen LogP contribution in [0, 0.1) is 11.3 Å². The summed E-state index contributed by atoms with van der Waals surface area (Å²) in [5.41, 5.74) is 0.413. The van der Waals surface area contributed by atoms with Gasteiger partial charge in [0.1, 0.15) is 0 Å². The van der Waals surface area contributed by atoms with E-state index in [9.17, 15) is 0 Å². The van der Waals surface area contributed by atoms with Crippen LogP contribution in [0.1, 0.15) is 52.9 Å². The summed E-state index contributed by atoms with van der Waals surface area (Å²) in [4.78, 5) is 2.62. The third-order valence-electron chi connectivity index (χ3n) is 5.34. The first kappa shape index (κ1) is 16.3. The van der Waals surface area contributed by atoms with Gasteiger partial charge in [-0.05, 0) is 50.6 Å². The lowest BCUT2D eigenvalue weighted by molar-refractivity contribution is 0.0139. The van der Waals surface area contributed by atoms with Crippen molar-refractivity contribution in [2.75, 3.05) is 33.4 Å². The molecule has 1 heterocycles. The number of ether oxygens (including phenoxy) is 1. The van der Waals surface area contributed by atoms with Crippen LogP contribution >= 0.6 is 0 Å². The van der Waals surface area contributed by atoms with Crippen molar-refractivity contribution in [2.45, 2.75) is 65.0 Å². The summed E-state index contributed by atoms with van der Waals surface area (Å²) < 4.78 is 5.64. The van der Waals surface area contributed by atoms with E-state index in [4.69, 9.17) is 4.74 Å². The van der Waals surface area contributed by atoms with Gasteiger partial charge in [-0.25, -0.2) is 0 Å². The number of hydrogen-bond acceptors (Lipinski definition) is 3. The van der Waals surface area contributed by atoms with E-state index in [0.29, 0.717) is 17.5 Å². The fraction of sp³-hybridized carbons (Fsp3) is 1.00. The molecule has 0 radical (unpaired) electrons. The first-order valence-corrected chi connectivity index (χ1v) is 8.56. The summed E-state index contributed by atoms with van der Waals surface area (Å²) in [6, 6.07) is 1.30. The Kier molecular flexibility index (Phi) is 5.88. The van der Waals surface area contributed by atoms with Crippen molar-refractivity contribution < 1.29 is 4.74 Å². The molecule has 0 aromatic heterocycles. The molecule has 1 aliphatic heterocycles. The van der Waals surface area contributed by atoms with E-state index in [2.05, 4.69) is 38.0 Å². The predicted octanol–water partition coefficient (Wildman–Crippen LogP) is 2.90. The molecule has 0 bridgehead atoms. The third kappa shape index (κ3) is 3.96. The van der Waals surface area contributed by atoms with Crippen molar-refractivity contribution in [3.05, 3.63) is 0 Å². The van der Waals surface area contributed by atoms with E-state index in [1.165, 1.54) is 38.6 Å². The second kappa shape index (κ2) is 7.24.